The highest BCUT2D eigenvalue weighted by Crippen LogP contribution is 2.26. The second-order valence-electron chi connectivity index (χ2n) is 4.79. The lowest BCUT2D eigenvalue weighted by Crippen LogP contribution is -2.38. The van der Waals surface area contributed by atoms with Gasteiger partial charge in [0.1, 0.15) is 0 Å². The van der Waals surface area contributed by atoms with Crippen LogP contribution >= 0.6 is 23.8 Å². The Bertz CT molecular complexity index is 707. The number of nitrogens with one attached hydrogen (secondary N) is 1. The van der Waals surface area contributed by atoms with Crippen molar-refractivity contribution >= 4 is 40.9 Å². The SMILES string of the molecule is CN1CC(n2c(=S)[nH]c3cc(Cl)cnc32)CCC1=O. The Labute approximate surface area is 120 Å². The van der Waals surface area contributed by atoms with Crippen molar-refractivity contribution in [3.8, 4) is 0 Å². The summed E-state index contributed by atoms with van der Waals surface area (Å²) in [6.45, 7) is 0.657. The highest BCUT2D eigenvalue weighted by Gasteiger charge is 2.26. The Hall–Kier alpha value is -1.40. The molecule has 0 radical (unpaired) electrons. The lowest BCUT2D eigenvalue weighted by molar-refractivity contribution is -0.132. The van der Waals surface area contributed by atoms with Crippen molar-refractivity contribution in [3.05, 3.63) is 22.1 Å². The van der Waals surface area contributed by atoms with Crippen LogP contribution in [0.5, 0.6) is 0 Å². The van der Waals surface area contributed by atoms with E-state index in [0.29, 0.717) is 22.8 Å². The van der Waals surface area contributed by atoms with E-state index in [4.69, 9.17) is 23.8 Å². The van der Waals surface area contributed by atoms with Gasteiger partial charge in [0.15, 0.2) is 10.4 Å². The molecule has 0 aromatic carbocycles. The lowest BCUT2D eigenvalue weighted by Gasteiger charge is -2.30. The predicted octanol–water partition coefficient (Wildman–Crippen LogP) is 2.54. The molecule has 1 aliphatic heterocycles. The molecule has 5 nitrogen and oxygen atoms in total. The molecule has 1 saturated heterocycles. The normalized spacial score (nSPS) is 20.2. The van der Waals surface area contributed by atoms with Gasteiger partial charge in [-0.1, -0.05) is 11.6 Å². The Balaban J connectivity index is 2.08. The number of hydrogen-bond donors (Lipinski definition) is 1. The fraction of sp³-hybridized carbons (Fsp3) is 0.417. The number of likely N-dealkylation sites (N-methyl/N-ethyl adjacent to an activating group) is 1. The summed E-state index contributed by atoms with van der Waals surface area (Å²) in [5.41, 5.74) is 1.62. The van der Waals surface area contributed by atoms with Crippen LogP contribution in [0.1, 0.15) is 18.9 Å². The lowest BCUT2D eigenvalue weighted by atomic mass is 10.1. The van der Waals surface area contributed by atoms with Crippen molar-refractivity contribution in [3.63, 3.8) is 0 Å². The van der Waals surface area contributed by atoms with Crippen molar-refractivity contribution in [2.24, 2.45) is 0 Å². The molecule has 1 unspecified atom stereocenters. The first-order chi connectivity index (χ1) is 9.06. The predicted molar refractivity (Wildman–Crippen MR) is 75.8 cm³/mol. The fourth-order valence-electron chi connectivity index (χ4n) is 2.53. The highest BCUT2D eigenvalue weighted by atomic mass is 35.5. The number of piperidine rings is 1. The minimum Gasteiger partial charge on any atom is -0.344 e. The molecule has 100 valence electrons. The molecule has 1 fully saturated rings. The van der Waals surface area contributed by atoms with Gasteiger partial charge < -0.3 is 9.88 Å². The number of pyridine rings is 1. The van der Waals surface area contributed by atoms with Gasteiger partial charge in [-0.25, -0.2) is 4.98 Å². The molecule has 0 aliphatic carbocycles. The Morgan fingerprint density at radius 3 is 3.11 bits per heavy atom. The number of hydrogen-bond acceptors (Lipinski definition) is 3. The third kappa shape index (κ3) is 2.15. The number of imidazole rings is 1. The molecule has 0 bridgehead atoms. The summed E-state index contributed by atoms with van der Waals surface area (Å²) in [4.78, 5) is 20.8. The van der Waals surface area contributed by atoms with Gasteiger partial charge in [-0.3, -0.25) is 9.36 Å². The van der Waals surface area contributed by atoms with Gasteiger partial charge >= 0.3 is 0 Å². The maximum Gasteiger partial charge on any atom is 0.222 e. The number of nitrogens with zero attached hydrogens (tertiary/aromatic N) is 3. The zero-order valence-corrected chi connectivity index (χ0v) is 12.0. The first-order valence-corrected chi connectivity index (χ1v) is 6.84. The van der Waals surface area contributed by atoms with E-state index in [0.717, 1.165) is 17.6 Å². The Kier molecular flexibility index (Phi) is 3.06. The summed E-state index contributed by atoms with van der Waals surface area (Å²) < 4.78 is 2.61. The highest BCUT2D eigenvalue weighted by molar-refractivity contribution is 7.71. The van der Waals surface area contributed by atoms with E-state index >= 15 is 0 Å². The van der Waals surface area contributed by atoms with Crippen LogP contribution in [0.15, 0.2) is 12.3 Å². The van der Waals surface area contributed by atoms with Crippen LogP contribution in [0, 0.1) is 4.77 Å². The molecule has 1 amide bonds. The molecule has 1 aliphatic rings. The number of fused-ring (bicyclic) bond motifs is 1. The average Bonchev–Trinajstić information content (AvgIpc) is 2.68. The van der Waals surface area contributed by atoms with Gasteiger partial charge in [0.25, 0.3) is 0 Å². The quantitative estimate of drug-likeness (QED) is 0.823. The summed E-state index contributed by atoms with van der Waals surface area (Å²) in [6.07, 6.45) is 2.94. The third-order valence-corrected chi connectivity index (χ3v) is 3.99. The third-order valence-electron chi connectivity index (χ3n) is 3.49. The van der Waals surface area contributed by atoms with Crippen LogP contribution in [0.2, 0.25) is 5.02 Å². The molecule has 2 aromatic heterocycles. The molecule has 2 aromatic rings. The van der Waals surface area contributed by atoms with Crippen LogP contribution in [0.3, 0.4) is 0 Å². The van der Waals surface area contributed by atoms with Crippen LogP contribution in [-0.4, -0.2) is 38.9 Å². The van der Waals surface area contributed by atoms with Crippen molar-refractivity contribution in [2.45, 2.75) is 18.9 Å². The summed E-state index contributed by atoms with van der Waals surface area (Å²) in [5.74, 6) is 0.179. The van der Waals surface area contributed by atoms with Gasteiger partial charge in [-0.15, -0.1) is 0 Å². The standard InChI is InChI=1S/C12H13ClN4OS/c1-16-6-8(2-3-10(16)18)17-11-9(15-12(17)19)4-7(13)5-14-11/h4-5,8H,2-3,6H2,1H3,(H,15,19). The van der Waals surface area contributed by atoms with E-state index in [2.05, 4.69) is 9.97 Å². The number of carbonyl (C=O) groups is 1. The topological polar surface area (TPSA) is 53.9 Å². The van der Waals surface area contributed by atoms with E-state index < -0.39 is 0 Å². The molecule has 19 heavy (non-hydrogen) atoms. The molecule has 3 heterocycles. The smallest absolute Gasteiger partial charge is 0.222 e. The number of H-pyrrole nitrogens is 1. The van der Waals surface area contributed by atoms with Gasteiger partial charge in [0.2, 0.25) is 5.91 Å². The van der Waals surface area contributed by atoms with Gasteiger partial charge in [0, 0.05) is 26.2 Å². The van der Waals surface area contributed by atoms with Gasteiger partial charge in [0.05, 0.1) is 16.6 Å². The average molecular weight is 297 g/mol. The monoisotopic (exact) mass is 296 g/mol. The fourth-order valence-corrected chi connectivity index (χ4v) is 3.03. The molecule has 0 saturated carbocycles. The van der Waals surface area contributed by atoms with Gasteiger partial charge in [-0.2, -0.15) is 0 Å². The number of aromatic nitrogens is 3. The Morgan fingerprint density at radius 1 is 1.58 bits per heavy atom. The summed E-state index contributed by atoms with van der Waals surface area (Å²) >= 11 is 11.3. The van der Waals surface area contributed by atoms with Crippen molar-refractivity contribution < 1.29 is 4.79 Å². The number of aromatic amines is 1. The van der Waals surface area contributed by atoms with Crippen LogP contribution in [0.4, 0.5) is 0 Å². The van der Waals surface area contributed by atoms with Crippen molar-refractivity contribution in [1.29, 1.82) is 0 Å². The minimum atomic E-state index is 0.164. The van der Waals surface area contributed by atoms with Crippen molar-refractivity contribution in [1.82, 2.24) is 19.4 Å². The minimum absolute atomic E-state index is 0.164. The molecule has 1 N–H and O–H groups in total. The van der Waals surface area contributed by atoms with E-state index in [1.165, 1.54) is 0 Å². The molecule has 1 atom stereocenters. The molecular formula is C12H13ClN4OS. The first kappa shape index (κ1) is 12.6. The maximum absolute atomic E-state index is 11.6. The summed E-state index contributed by atoms with van der Waals surface area (Å²) in [7, 11) is 1.82. The van der Waals surface area contributed by atoms with Crippen molar-refractivity contribution in [2.75, 3.05) is 13.6 Å². The number of carbonyl (C=O) groups excluding carboxylic acids is 1. The second kappa shape index (κ2) is 4.61. The van der Waals surface area contributed by atoms with E-state index in [1.54, 1.807) is 11.1 Å². The van der Waals surface area contributed by atoms with E-state index in [-0.39, 0.29) is 11.9 Å². The maximum atomic E-state index is 11.6. The number of amides is 1. The second-order valence-corrected chi connectivity index (χ2v) is 5.61. The summed E-state index contributed by atoms with van der Waals surface area (Å²) in [6, 6.07) is 1.98. The molecule has 0 spiro atoms. The van der Waals surface area contributed by atoms with Crippen LogP contribution in [0.25, 0.3) is 11.2 Å². The largest absolute Gasteiger partial charge is 0.344 e. The van der Waals surface area contributed by atoms with Gasteiger partial charge in [-0.05, 0) is 24.7 Å². The van der Waals surface area contributed by atoms with Crippen LogP contribution in [-0.2, 0) is 4.79 Å². The number of halogens is 1. The molecular weight excluding hydrogens is 284 g/mol. The Morgan fingerprint density at radius 2 is 2.37 bits per heavy atom. The van der Waals surface area contributed by atoms with Crippen LogP contribution < -0.4 is 0 Å². The zero-order chi connectivity index (χ0) is 13.6. The van der Waals surface area contributed by atoms with E-state index in [1.807, 2.05) is 17.7 Å². The van der Waals surface area contributed by atoms with E-state index in [9.17, 15) is 4.79 Å². The zero-order valence-electron chi connectivity index (χ0n) is 10.4. The molecule has 3 rings (SSSR count). The first-order valence-electron chi connectivity index (χ1n) is 6.06. The number of rotatable bonds is 1. The molecule has 7 heteroatoms. The summed E-state index contributed by atoms with van der Waals surface area (Å²) in [5, 5.41) is 0.576. The number of likely N-dealkylation sites (tertiary alicyclic amines) is 1.